The van der Waals surface area contributed by atoms with E-state index in [1.165, 1.54) is 20.3 Å². The summed E-state index contributed by atoms with van der Waals surface area (Å²) in [6.45, 7) is 0. The summed E-state index contributed by atoms with van der Waals surface area (Å²) < 4.78 is 50.2. The lowest BCUT2D eigenvalue weighted by Crippen LogP contribution is -2.09. The second-order valence-corrected chi connectivity index (χ2v) is 5.14. The Balaban J connectivity index is 2.42. The smallest absolute Gasteiger partial charge is 0.433 e. The summed E-state index contributed by atoms with van der Waals surface area (Å²) in [5.74, 6) is 0.787. The number of halogens is 3. The van der Waals surface area contributed by atoms with Gasteiger partial charge >= 0.3 is 6.18 Å². The van der Waals surface area contributed by atoms with E-state index in [1.54, 1.807) is 36.4 Å². The first kappa shape index (κ1) is 16.1. The standard InChI is InChI=1S/C18H14F3NO2/c1-23-12-8-14-17(15(9-12)24-2)13(11-6-4-3-5-7-11)10-16(22-14)18(19,20)21/h3-10H,1-2H3. The number of hydrogen-bond donors (Lipinski definition) is 0. The quantitative estimate of drug-likeness (QED) is 0.680. The predicted octanol–water partition coefficient (Wildman–Crippen LogP) is 4.94. The Bertz CT molecular complexity index is 877. The first-order valence-electron chi connectivity index (χ1n) is 7.13. The molecule has 1 heterocycles. The fourth-order valence-electron chi connectivity index (χ4n) is 2.58. The molecule has 0 N–H and O–H groups in total. The summed E-state index contributed by atoms with van der Waals surface area (Å²) >= 11 is 0. The molecule has 0 unspecified atom stereocenters. The largest absolute Gasteiger partial charge is 0.497 e. The first-order valence-corrected chi connectivity index (χ1v) is 7.13. The van der Waals surface area contributed by atoms with Crippen molar-refractivity contribution >= 4 is 10.9 Å². The fraction of sp³-hybridized carbons (Fsp3) is 0.167. The molecule has 3 aromatic rings. The van der Waals surface area contributed by atoms with Crippen molar-refractivity contribution in [2.24, 2.45) is 0 Å². The molecule has 0 fully saturated rings. The van der Waals surface area contributed by atoms with Gasteiger partial charge in [-0.2, -0.15) is 13.2 Å². The van der Waals surface area contributed by atoms with E-state index in [2.05, 4.69) is 4.98 Å². The first-order chi connectivity index (χ1) is 11.4. The Morgan fingerprint density at radius 3 is 2.21 bits per heavy atom. The summed E-state index contributed by atoms with van der Waals surface area (Å²) in [5.41, 5.74) is 0.273. The van der Waals surface area contributed by atoms with Gasteiger partial charge in [-0.15, -0.1) is 0 Å². The van der Waals surface area contributed by atoms with Crippen LogP contribution >= 0.6 is 0 Å². The van der Waals surface area contributed by atoms with E-state index in [0.717, 1.165) is 6.07 Å². The average Bonchev–Trinajstić information content (AvgIpc) is 2.59. The van der Waals surface area contributed by atoms with Crippen LogP contribution in [0.5, 0.6) is 11.5 Å². The molecule has 0 aliphatic rings. The van der Waals surface area contributed by atoms with Gasteiger partial charge in [0.1, 0.15) is 17.2 Å². The summed E-state index contributed by atoms with van der Waals surface area (Å²) in [6.07, 6.45) is -4.55. The van der Waals surface area contributed by atoms with Gasteiger partial charge in [0.2, 0.25) is 0 Å². The van der Waals surface area contributed by atoms with Crippen LogP contribution in [0.2, 0.25) is 0 Å². The second kappa shape index (κ2) is 6.03. The lowest BCUT2D eigenvalue weighted by molar-refractivity contribution is -0.140. The van der Waals surface area contributed by atoms with Gasteiger partial charge in [-0.3, -0.25) is 0 Å². The van der Waals surface area contributed by atoms with Crippen LogP contribution in [0.4, 0.5) is 13.2 Å². The zero-order valence-corrected chi connectivity index (χ0v) is 13.0. The number of hydrogen-bond acceptors (Lipinski definition) is 3. The van der Waals surface area contributed by atoms with E-state index in [-0.39, 0.29) is 5.52 Å². The highest BCUT2D eigenvalue weighted by atomic mass is 19.4. The number of nitrogens with zero attached hydrogens (tertiary/aromatic N) is 1. The molecule has 0 saturated carbocycles. The molecule has 6 heteroatoms. The van der Waals surface area contributed by atoms with Crippen LogP contribution in [0.3, 0.4) is 0 Å². The van der Waals surface area contributed by atoms with E-state index in [1.807, 2.05) is 0 Å². The van der Waals surface area contributed by atoms with Crippen molar-refractivity contribution < 1.29 is 22.6 Å². The molecule has 124 valence electrons. The number of rotatable bonds is 3. The normalized spacial score (nSPS) is 11.5. The summed E-state index contributed by atoms with van der Waals surface area (Å²) in [4.78, 5) is 3.76. The molecule has 3 rings (SSSR count). The zero-order chi connectivity index (χ0) is 17.3. The highest BCUT2D eigenvalue weighted by Gasteiger charge is 2.34. The van der Waals surface area contributed by atoms with Gasteiger partial charge in [-0.05, 0) is 17.2 Å². The van der Waals surface area contributed by atoms with Crippen LogP contribution < -0.4 is 9.47 Å². The van der Waals surface area contributed by atoms with Crippen molar-refractivity contribution in [3.8, 4) is 22.6 Å². The second-order valence-electron chi connectivity index (χ2n) is 5.14. The van der Waals surface area contributed by atoms with Crippen molar-refractivity contribution in [1.82, 2.24) is 4.98 Å². The molecule has 0 spiro atoms. The van der Waals surface area contributed by atoms with Crippen LogP contribution in [0.15, 0.2) is 48.5 Å². The Kier molecular flexibility index (Phi) is 4.05. The van der Waals surface area contributed by atoms with E-state index in [4.69, 9.17) is 9.47 Å². The van der Waals surface area contributed by atoms with E-state index < -0.39 is 11.9 Å². The molecule has 1 aromatic heterocycles. The van der Waals surface area contributed by atoms with Crippen LogP contribution in [0, 0.1) is 0 Å². The Morgan fingerprint density at radius 1 is 0.917 bits per heavy atom. The minimum Gasteiger partial charge on any atom is -0.497 e. The van der Waals surface area contributed by atoms with E-state index in [9.17, 15) is 13.2 Å². The molecule has 24 heavy (non-hydrogen) atoms. The van der Waals surface area contributed by atoms with Crippen molar-refractivity contribution in [3.05, 3.63) is 54.2 Å². The summed E-state index contributed by atoms with van der Waals surface area (Å²) in [6, 6.07) is 13.0. The monoisotopic (exact) mass is 333 g/mol. The number of benzene rings is 2. The highest BCUT2D eigenvalue weighted by molar-refractivity contribution is 6.00. The van der Waals surface area contributed by atoms with Gasteiger partial charge in [0.25, 0.3) is 0 Å². The van der Waals surface area contributed by atoms with Crippen molar-refractivity contribution in [1.29, 1.82) is 0 Å². The van der Waals surface area contributed by atoms with Gasteiger partial charge in [0.05, 0.1) is 25.1 Å². The maximum absolute atomic E-state index is 13.3. The zero-order valence-electron chi connectivity index (χ0n) is 13.0. The van der Waals surface area contributed by atoms with E-state index in [0.29, 0.717) is 28.0 Å². The third-order valence-corrected chi connectivity index (χ3v) is 3.68. The third kappa shape index (κ3) is 2.87. The summed E-state index contributed by atoms with van der Waals surface area (Å²) in [5, 5.41) is 0.512. The Hall–Kier alpha value is -2.76. The van der Waals surface area contributed by atoms with Crippen molar-refractivity contribution in [3.63, 3.8) is 0 Å². The molecule has 0 aliphatic carbocycles. The number of pyridine rings is 1. The fourth-order valence-corrected chi connectivity index (χ4v) is 2.58. The molecule has 0 aliphatic heterocycles. The number of alkyl halides is 3. The van der Waals surface area contributed by atoms with Crippen LogP contribution in [-0.4, -0.2) is 19.2 Å². The van der Waals surface area contributed by atoms with Gasteiger partial charge in [-0.25, -0.2) is 4.98 Å². The number of methoxy groups -OCH3 is 2. The molecule has 0 amide bonds. The molecule has 2 aromatic carbocycles. The van der Waals surface area contributed by atoms with Crippen LogP contribution in [0.1, 0.15) is 5.69 Å². The molecular formula is C18H14F3NO2. The predicted molar refractivity (Wildman–Crippen MR) is 85.3 cm³/mol. The van der Waals surface area contributed by atoms with Gasteiger partial charge < -0.3 is 9.47 Å². The van der Waals surface area contributed by atoms with Gasteiger partial charge in [-0.1, -0.05) is 30.3 Å². The van der Waals surface area contributed by atoms with Crippen LogP contribution in [0.25, 0.3) is 22.0 Å². The van der Waals surface area contributed by atoms with Crippen LogP contribution in [-0.2, 0) is 6.18 Å². The molecular weight excluding hydrogens is 319 g/mol. The average molecular weight is 333 g/mol. The lowest BCUT2D eigenvalue weighted by atomic mass is 9.99. The molecule has 0 bridgehead atoms. The maximum Gasteiger partial charge on any atom is 0.433 e. The Morgan fingerprint density at radius 2 is 1.62 bits per heavy atom. The number of aromatic nitrogens is 1. The summed E-state index contributed by atoms with van der Waals surface area (Å²) in [7, 11) is 2.90. The Labute approximate surface area is 136 Å². The topological polar surface area (TPSA) is 31.4 Å². The maximum atomic E-state index is 13.3. The molecule has 3 nitrogen and oxygen atoms in total. The molecule has 0 saturated heterocycles. The molecule has 0 radical (unpaired) electrons. The number of fused-ring (bicyclic) bond motifs is 1. The van der Waals surface area contributed by atoms with Gasteiger partial charge in [0.15, 0.2) is 0 Å². The minimum absolute atomic E-state index is 0.167. The lowest BCUT2D eigenvalue weighted by Gasteiger charge is -2.15. The number of ether oxygens (including phenoxy) is 2. The van der Waals surface area contributed by atoms with Crippen molar-refractivity contribution in [2.45, 2.75) is 6.18 Å². The minimum atomic E-state index is -4.55. The van der Waals surface area contributed by atoms with Crippen molar-refractivity contribution in [2.75, 3.05) is 14.2 Å². The third-order valence-electron chi connectivity index (χ3n) is 3.68. The van der Waals surface area contributed by atoms with Gasteiger partial charge in [0, 0.05) is 12.1 Å². The SMILES string of the molecule is COc1cc(OC)c2c(-c3ccccc3)cc(C(F)(F)F)nc2c1. The molecule has 0 atom stereocenters. The highest BCUT2D eigenvalue weighted by Crippen LogP contribution is 2.40. The van der Waals surface area contributed by atoms with E-state index >= 15 is 0 Å².